The normalized spacial score (nSPS) is 17.8. The highest BCUT2D eigenvalue weighted by Crippen LogP contribution is 2.46. The lowest BCUT2D eigenvalue weighted by Gasteiger charge is -2.33. The summed E-state index contributed by atoms with van der Waals surface area (Å²) >= 11 is 13.2. The van der Waals surface area contributed by atoms with Crippen molar-refractivity contribution in [2.75, 3.05) is 19.5 Å². The summed E-state index contributed by atoms with van der Waals surface area (Å²) in [6.07, 6.45) is 5.21. The number of alkyl carbamates (subject to hydrolysis) is 1. The van der Waals surface area contributed by atoms with Gasteiger partial charge in [-0.05, 0) is 51.3 Å². The molecule has 3 aromatic rings. The number of carbonyl (C=O) groups excluding carboxylic acids is 1. The molecule has 1 amide bonds. The Kier molecular flexibility index (Phi) is 8.19. The highest BCUT2D eigenvalue weighted by atomic mass is 35.5. The number of benzene rings is 2. The van der Waals surface area contributed by atoms with E-state index in [0.29, 0.717) is 33.1 Å². The first-order valence-electron chi connectivity index (χ1n) is 12.2. The van der Waals surface area contributed by atoms with Gasteiger partial charge in [-0.25, -0.2) is 14.8 Å². The molecule has 2 aromatic carbocycles. The number of methoxy groups -OCH3 is 2. The number of halogens is 2. The van der Waals surface area contributed by atoms with Gasteiger partial charge in [0.15, 0.2) is 0 Å². The molecule has 198 valence electrons. The molecule has 2 N–H and O–H groups in total. The summed E-state index contributed by atoms with van der Waals surface area (Å²) in [4.78, 5) is 21.6. The molecule has 0 radical (unpaired) electrons. The third kappa shape index (κ3) is 6.30. The Morgan fingerprint density at radius 3 is 2.27 bits per heavy atom. The fourth-order valence-corrected chi connectivity index (χ4v) is 5.22. The first kappa shape index (κ1) is 27.1. The van der Waals surface area contributed by atoms with E-state index in [-0.39, 0.29) is 12.1 Å². The zero-order valence-electron chi connectivity index (χ0n) is 21.7. The van der Waals surface area contributed by atoms with Gasteiger partial charge in [0.25, 0.3) is 0 Å². The number of nitrogens with one attached hydrogen (secondary N) is 2. The van der Waals surface area contributed by atoms with Gasteiger partial charge < -0.3 is 24.8 Å². The highest BCUT2D eigenvalue weighted by Gasteiger charge is 2.29. The predicted octanol–water partition coefficient (Wildman–Crippen LogP) is 6.87. The van der Waals surface area contributed by atoms with Crippen LogP contribution in [0.4, 0.5) is 10.7 Å². The van der Waals surface area contributed by atoms with Crippen molar-refractivity contribution in [1.29, 1.82) is 0 Å². The Bertz CT molecular complexity index is 1270. The fraction of sp³-hybridized carbons (Fsp3) is 0.444. The minimum Gasteiger partial charge on any atom is -0.495 e. The molecule has 1 saturated carbocycles. The molecule has 4 rings (SSSR count). The summed E-state index contributed by atoms with van der Waals surface area (Å²) in [6.45, 7) is 5.55. The van der Waals surface area contributed by atoms with E-state index in [1.165, 1.54) is 0 Å². The summed E-state index contributed by atoms with van der Waals surface area (Å²) in [6, 6.07) is 7.31. The largest absolute Gasteiger partial charge is 0.495 e. The molecule has 1 aliphatic carbocycles. The van der Waals surface area contributed by atoms with Crippen molar-refractivity contribution in [3.8, 4) is 22.6 Å². The minimum absolute atomic E-state index is 0.000136. The Hall–Kier alpha value is -2.97. The number of hydrogen-bond donors (Lipinski definition) is 2. The van der Waals surface area contributed by atoms with Gasteiger partial charge in [-0.15, -0.1) is 0 Å². The number of hydrogen-bond acceptors (Lipinski definition) is 7. The summed E-state index contributed by atoms with van der Waals surface area (Å²) in [5, 5.41) is 8.05. The molecule has 1 fully saturated rings. The SMILES string of the molecule is COc1cc(OC)c(Cl)c(-c2ccc3nc(N[C@@H]4CCCC[C@@H]4NC(=O)OC(C)(C)C)ncc3c2)c1Cl. The minimum atomic E-state index is -0.549. The average Bonchev–Trinajstić information content (AvgIpc) is 2.84. The topological polar surface area (TPSA) is 94.6 Å². The van der Waals surface area contributed by atoms with Crippen LogP contribution in [0.5, 0.6) is 11.5 Å². The van der Waals surface area contributed by atoms with Crippen LogP contribution < -0.4 is 20.1 Å². The number of carbonyl (C=O) groups is 1. The standard InChI is InChI=1S/C27H32Cl2N4O4/c1-27(2,3)37-26(34)33-19-9-7-6-8-18(19)32-25-30-14-16-12-15(10-11-17(16)31-25)22-23(28)20(35-4)13-21(36-5)24(22)29/h10-14,18-19H,6-9H2,1-5H3,(H,33,34)(H,30,31,32)/t18-,19+/m1/s1. The second kappa shape index (κ2) is 11.2. The summed E-state index contributed by atoms with van der Waals surface area (Å²) in [5.41, 5.74) is 1.61. The lowest BCUT2D eigenvalue weighted by molar-refractivity contribution is 0.0488. The maximum absolute atomic E-state index is 12.4. The van der Waals surface area contributed by atoms with Crippen LogP contribution in [0, 0.1) is 0 Å². The van der Waals surface area contributed by atoms with Crippen LogP contribution in [-0.4, -0.2) is 48.0 Å². The van der Waals surface area contributed by atoms with Gasteiger partial charge in [0, 0.05) is 29.3 Å². The van der Waals surface area contributed by atoms with E-state index in [0.717, 1.165) is 42.1 Å². The molecular weight excluding hydrogens is 515 g/mol. The van der Waals surface area contributed by atoms with E-state index in [4.69, 9.17) is 42.4 Å². The van der Waals surface area contributed by atoms with Gasteiger partial charge in [0.2, 0.25) is 5.95 Å². The number of fused-ring (bicyclic) bond motifs is 1. The zero-order valence-corrected chi connectivity index (χ0v) is 23.2. The molecule has 2 atom stereocenters. The molecule has 10 heteroatoms. The zero-order chi connectivity index (χ0) is 26.7. The van der Waals surface area contributed by atoms with Gasteiger partial charge in [-0.2, -0.15) is 0 Å². The third-order valence-electron chi connectivity index (χ3n) is 6.22. The number of anilines is 1. The first-order chi connectivity index (χ1) is 17.6. The molecular formula is C27H32Cl2N4O4. The van der Waals surface area contributed by atoms with Crippen LogP contribution in [0.1, 0.15) is 46.5 Å². The van der Waals surface area contributed by atoms with Gasteiger partial charge in [-0.1, -0.05) is 42.1 Å². The van der Waals surface area contributed by atoms with E-state index < -0.39 is 11.7 Å². The molecule has 0 aliphatic heterocycles. The van der Waals surface area contributed by atoms with E-state index in [1.807, 2.05) is 39.0 Å². The van der Waals surface area contributed by atoms with Crippen LogP contribution in [-0.2, 0) is 4.74 Å². The summed E-state index contributed by atoms with van der Waals surface area (Å²) in [5.74, 6) is 1.44. The lowest BCUT2D eigenvalue weighted by Crippen LogP contribution is -2.50. The quantitative estimate of drug-likeness (QED) is 0.348. The Labute approximate surface area is 227 Å². The third-order valence-corrected chi connectivity index (χ3v) is 6.98. The van der Waals surface area contributed by atoms with Crippen LogP contribution in [0.3, 0.4) is 0 Å². The van der Waals surface area contributed by atoms with Crippen molar-refractivity contribution in [3.05, 3.63) is 40.5 Å². The maximum atomic E-state index is 12.4. The molecule has 0 bridgehead atoms. The van der Waals surface area contributed by atoms with Crippen molar-refractivity contribution < 1.29 is 19.0 Å². The molecule has 8 nitrogen and oxygen atoms in total. The summed E-state index contributed by atoms with van der Waals surface area (Å²) in [7, 11) is 3.09. The number of rotatable bonds is 6. The van der Waals surface area contributed by atoms with Crippen LogP contribution in [0.15, 0.2) is 30.5 Å². The molecule has 0 spiro atoms. The van der Waals surface area contributed by atoms with Crippen LogP contribution in [0.2, 0.25) is 10.0 Å². The van der Waals surface area contributed by atoms with Crippen molar-refractivity contribution in [2.24, 2.45) is 0 Å². The summed E-state index contributed by atoms with van der Waals surface area (Å²) < 4.78 is 16.2. The highest BCUT2D eigenvalue weighted by molar-refractivity contribution is 6.41. The second-order valence-electron chi connectivity index (χ2n) is 10.0. The molecule has 1 aliphatic rings. The van der Waals surface area contributed by atoms with E-state index in [2.05, 4.69) is 15.6 Å². The predicted molar refractivity (Wildman–Crippen MR) is 147 cm³/mol. The molecule has 0 unspecified atom stereocenters. The van der Waals surface area contributed by atoms with E-state index >= 15 is 0 Å². The number of amides is 1. The molecule has 37 heavy (non-hydrogen) atoms. The second-order valence-corrected chi connectivity index (χ2v) is 10.8. The smallest absolute Gasteiger partial charge is 0.407 e. The van der Waals surface area contributed by atoms with Gasteiger partial charge >= 0.3 is 6.09 Å². The number of aromatic nitrogens is 2. The van der Waals surface area contributed by atoms with Gasteiger partial charge in [0.1, 0.15) is 17.1 Å². The monoisotopic (exact) mass is 546 g/mol. The number of ether oxygens (including phenoxy) is 3. The first-order valence-corrected chi connectivity index (χ1v) is 13.0. The van der Waals surface area contributed by atoms with Crippen molar-refractivity contribution in [3.63, 3.8) is 0 Å². The maximum Gasteiger partial charge on any atom is 0.407 e. The Morgan fingerprint density at radius 2 is 1.65 bits per heavy atom. The van der Waals surface area contributed by atoms with Gasteiger partial charge in [-0.3, -0.25) is 0 Å². The van der Waals surface area contributed by atoms with Crippen molar-refractivity contribution in [1.82, 2.24) is 15.3 Å². The lowest BCUT2D eigenvalue weighted by atomic mass is 9.90. The Balaban J connectivity index is 1.57. The van der Waals surface area contributed by atoms with E-state index in [9.17, 15) is 4.79 Å². The fourth-order valence-electron chi connectivity index (χ4n) is 4.50. The van der Waals surface area contributed by atoms with Crippen molar-refractivity contribution >= 4 is 46.1 Å². The molecule has 0 saturated heterocycles. The Morgan fingerprint density at radius 1 is 1.00 bits per heavy atom. The average molecular weight is 547 g/mol. The van der Waals surface area contributed by atoms with Crippen LogP contribution >= 0.6 is 23.2 Å². The van der Waals surface area contributed by atoms with Crippen molar-refractivity contribution in [2.45, 2.75) is 64.1 Å². The van der Waals surface area contributed by atoms with E-state index in [1.54, 1.807) is 26.5 Å². The van der Waals surface area contributed by atoms with Crippen LogP contribution in [0.25, 0.3) is 22.0 Å². The molecule has 1 heterocycles. The van der Waals surface area contributed by atoms with Gasteiger partial charge in [0.05, 0.1) is 35.8 Å². The number of nitrogens with zero attached hydrogens (tertiary/aromatic N) is 2. The molecule has 1 aromatic heterocycles.